The van der Waals surface area contributed by atoms with Crippen LogP contribution in [0.4, 0.5) is 0 Å². The highest BCUT2D eigenvalue weighted by molar-refractivity contribution is 6.14. The van der Waals surface area contributed by atoms with E-state index in [9.17, 15) is 0 Å². The van der Waals surface area contributed by atoms with Crippen LogP contribution in [0.1, 0.15) is 12.8 Å². The number of fused-ring (bicyclic) bond motifs is 4. The molecule has 0 unspecified atom stereocenters. The van der Waals surface area contributed by atoms with Gasteiger partial charge < -0.3 is 4.57 Å². The van der Waals surface area contributed by atoms with Crippen molar-refractivity contribution in [3.05, 3.63) is 128 Å². The van der Waals surface area contributed by atoms with Gasteiger partial charge in [0.05, 0.1) is 16.6 Å². The van der Waals surface area contributed by atoms with E-state index in [0.29, 0.717) is 17.6 Å². The summed E-state index contributed by atoms with van der Waals surface area (Å²) in [6, 6.07) is 35.6. The first kappa shape index (κ1) is 22.7. The highest BCUT2D eigenvalue weighted by atomic mass is 15.2. The Morgan fingerprint density at radius 1 is 0.600 bits per heavy atom. The molecule has 0 radical (unpaired) electrons. The van der Waals surface area contributed by atoms with Crippen molar-refractivity contribution in [1.82, 2.24) is 24.1 Å². The summed E-state index contributed by atoms with van der Waals surface area (Å²) in [5, 5.41) is 3.61. The number of rotatable bonds is 4. The maximum Gasteiger partial charge on any atom is 0.238 e. The number of allylic oxidation sites excluding steroid dienone is 4. The Balaban J connectivity index is 1.38. The van der Waals surface area contributed by atoms with Crippen LogP contribution in [0.5, 0.6) is 0 Å². The smallest absolute Gasteiger partial charge is 0.238 e. The summed E-state index contributed by atoms with van der Waals surface area (Å²) in [4.78, 5) is 14.8. The molecule has 0 N–H and O–H groups in total. The third kappa shape index (κ3) is 3.67. The van der Waals surface area contributed by atoms with Gasteiger partial charge in [-0.2, -0.15) is 9.97 Å². The Bertz CT molecular complexity index is 2040. The van der Waals surface area contributed by atoms with Gasteiger partial charge in [0.1, 0.15) is 0 Å². The molecule has 0 bridgehead atoms. The molecule has 5 heteroatoms. The van der Waals surface area contributed by atoms with Crippen LogP contribution in [0, 0.1) is 0 Å². The van der Waals surface area contributed by atoms with Crippen LogP contribution in [-0.4, -0.2) is 24.1 Å². The van der Waals surface area contributed by atoms with Crippen LogP contribution in [0.3, 0.4) is 0 Å². The van der Waals surface area contributed by atoms with Gasteiger partial charge in [0.25, 0.3) is 0 Å². The molecule has 3 aromatic heterocycles. The number of hydrogen-bond donors (Lipinski definition) is 0. The lowest BCUT2D eigenvalue weighted by Crippen LogP contribution is -2.05. The van der Waals surface area contributed by atoms with Crippen molar-refractivity contribution >= 4 is 38.4 Å². The van der Waals surface area contributed by atoms with Gasteiger partial charge in [-0.1, -0.05) is 91.0 Å². The van der Waals surface area contributed by atoms with Crippen LogP contribution in [0.25, 0.3) is 67.1 Å². The second kappa shape index (κ2) is 9.17. The highest BCUT2D eigenvalue weighted by Crippen LogP contribution is 2.37. The van der Waals surface area contributed by atoms with Gasteiger partial charge in [-0.25, -0.2) is 4.98 Å². The van der Waals surface area contributed by atoms with Gasteiger partial charge in [-0.15, -0.1) is 0 Å². The second-order valence-corrected chi connectivity index (χ2v) is 10.1. The van der Waals surface area contributed by atoms with Gasteiger partial charge in [-0.05, 0) is 43.2 Å². The van der Waals surface area contributed by atoms with Crippen LogP contribution < -0.4 is 0 Å². The van der Waals surface area contributed by atoms with E-state index in [1.54, 1.807) is 0 Å². The molecule has 0 saturated carbocycles. The molecule has 0 atom stereocenters. The van der Waals surface area contributed by atoms with E-state index in [1.165, 1.54) is 27.5 Å². The molecule has 0 amide bonds. The molecule has 7 aromatic rings. The van der Waals surface area contributed by atoms with E-state index in [-0.39, 0.29) is 0 Å². The molecule has 1 aliphatic rings. The number of hydrogen-bond acceptors (Lipinski definition) is 3. The number of aromatic nitrogens is 5. The van der Waals surface area contributed by atoms with Crippen LogP contribution >= 0.6 is 0 Å². The predicted molar refractivity (Wildman–Crippen MR) is 163 cm³/mol. The van der Waals surface area contributed by atoms with Crippen LogP contribution in [0.15, 0.2) is 128 Å². The molecule has 8 rings (SSSR count). The Labute approximate surface area is 231 Å². The Hall–Kier alpha value is -5.29. The molecular weight excluding hydrogens is 490 g/mol. The largest absolute Gasteiger partial charge is 0.313 e. The van der Waals surface area contributed by atoms with Crippen molar-refractivity contribution in [2.75, 3.05) is 0 Å². The second-order valence-electron chi connectivity index (χ2n) is 10.1. The van der Waals surface area contributed by atoms with Gasteiger partial charge in [-0.3, -0.25) is 4.57 Å². The fourth-order valence-corrected chi connectivity index (χ4v) is 5.76. The first-order valence-corrected chi connectivity index (χ1v) is 13.6. The third-order valence-corrected chi connectivity index (χ3v) is 7.67. The molecule has 0 saturated heterocycles. The van der Waals surface area contributed by atoms with Crippen molar-refractivity contribution in [2.24, 2.45) is 0 Å². The lowest BCUT2D eigenvalue weighted by Gasteiger charge is -2.14. The summed E-state index contributed by atoms with van der Waals surface area (Å²) in [6.45, 7) is 0. The molecule has 0 aliphatic heterocycles. The first-order valence-electron chi connectivity index (χ1n) is 13.6. The van der Waals surface area contributed by atoms with Gasteiger partial charge in [0.2, 0.25) is 5.95 Å². The summed E-state index contributed by atoms with van der Waals surface area (Å²) in [7, 11) is 0. The summed E-state index contributed by atoms with van der Waals surface area (Å²) in [6.07, 6.45) is 10.8. The van der Waals surface area contributed by atoms with E-state index in [1.807, 2.05) is 60.7 Å². The molecule has 190 valence electrons. The lowest BCUT2D eigenvalue weighted by atomic mass is 10.1. The fourth-order valence-electron chi connectivity index (χ4n) is 5.76. The Morgan fingerprint density at radius 3 is 2.00 bits per heavy atom. The summed E-state index contributed by atoms with van der Waals surface area (Å²) in [5.41, 5.74) is 6.76. The maximum absolute atomic E-state index is 4.96. The quantitative estimate of drug-likeness (QED) is 0.236. The zero-order chi connectivity index (χ0) is 26.5. The minimum atomic E-state index is 0.603. The standard InChI is InChI=1S/C35H25N5/c1-4-12-24(13-5-1)33-36-34(25-14-6-2-7-15-25)38-35(37-33)39-21-20-26-22-32-29(23-31(26)39)28-18-10-11-19-30(28)40(32)27-16-8-3-9-17-27/h1-8,10-16,18-23H,9,17H2. The van der Waals surface area contributed by atoms with Crippen molar-refractivity contribution in [3.8, 4) is 28.7 Å². The van der Waals surface area contributed by atoms with Gasteiger partial charge in [0.15, 0.2) is 11.6 Å². The van der Waals surface area contributed by atoms with Crippen LogP contribution in [0.2, 0.25) is 0 Å². The topological polar surface area (TPSA) is 48.5 Å². The average molecular weight is 516 g/mol. The average Bonchev–Trinajstić information content (AvgIpc) is 3.59. The van der Waals surface area contributed by atoms with Crippen LogP contribution in [-0.2, 0) is 0 Å². The minimum Gasteiger partial charge on any atom is -0.313 e. The van der Waals surface area contributed by atoms with E-state index in [0.717, 1.165) is 34.9 Å². The molecule has 0 spiro atoms. The summed E-state index contributed by atoms with van der Waals surface area (Å²) < 4.78 is 4.51. The zero-order valence-corrected chi connectivity index (χ0v) is 21.8. The van der Waals surface area contributed by atoms with Crippen molar-refractivity contribution in [2.45, 2.75) is 12.8 Å². The van der Waals surface area contributed by atoms with E-state index < -0.39 is 0 Å². The van der Waals surface area contributed by atoms with Gasteiger partial charge >= 0.3 is 0 Å². The van der Waals surface area contributed by atoms with Crippen molar-refractivity contribution in [1.29, 1.82) is 0 Å². The van der Waals surface area contributed by atoms with Gasteiger partial charge in [0, 0.05) is 39.2 Å². The molecule has 4 aromatic carbocycles. The maximum atomic E-state index is 4.96. The molecule has 0 fully saturated rings. The van der Waals surface area contributed by atoms with E-state index in [4.69, 9.17) is 15.0 Å². The molecule has 1 aliphatic carbocycles. The molecule has 3 heterocycles. The van der Waals surface area contributed by atoms with Crippen molar-refractivity contribution in [3.63, 3.8) is 0 Å². The Morgan fingerprint density at radius 2 is 1.30 bits per heavy atom. The highest BCUT2D eigenvalue weighted by Gasteiger charge is 2.18. The van der Waals surface area contributed by atoms with E-state index >= 15 is 0 Å². The molecule has 40 heavy (non-hydrogen) atoms. The monoisotopic (exact) mass is 515 g/mol. The third-order valence-electron chi connectivity index (χ3n) is 7.67. The van der Waals surface area contributed by atoms with E-state index in [2.05, 4.69) is 76.0 Å². The predicted octanol–water partition coefficient (Wildman–Crippen LogP) is 8.45. The number of nitrogens with zero attached hydrogens (tertiary/aromatic N) is 5. The van der Waals surface area contributed by atoms with Crippen molar-refractivity contribution < 1.29 is 0 Å². The Kier molecular flexibility index (Phi) is 5.20. The summed E-state index contributed by atoms with van der Waals surface area (Å²) >= 11 is 0. The zero-order valence-electron chi connectivity index (χ0n) is 21.8. The number of benzene rings is 4. The minimum absolute atomic E-state index is 0.603. The normalized spacial score (nSPS) is 13.3. The SMILES string of the molecule is C1=CCCC(n2c3ccccc3c3cc4c(ccn4-c4nc(-c5ccccc5)nc(-c5ccccc5)n4)cc32)=C1. The fraction of sp³-hybridized carbons (Fsp3) is 0.0571. The summed E-state index contributed by atoms with van der Waals surface area (Å²) in [5.74, 6) is 1.91. The molecular formula is C35H25N5. The first-order chi connectivity index (χ1) is 19.8. The number of para-hydroxylation sites is 1. The lowest BCUT2D eigenvalue weighted by molar-refractivity contribution is 0.933. The molecule has 5 nitrogen and oxygen atoms in total.